The summed E-state index contributed by atoms with van der Waals surface area (Å²) in [6.07, 6.45) is 0. The number of nitrogens with zero attached hydrogens (tertiary/aromatic N) is 4. The van der Waals surface area contributed by atoms with Crippen LogP contribution < -0.4 is 19.7 Å². The number of aryl methyl sites for hydroxylation is 1. The Kier molecular flexibility index (Phi) is 6.87. The van der Waals surface area contributed by atoms with Crippen molar-refractivity contribution in [3.8, 4) is 11.5 Å². The van der Waals surface area contributed by atoms with Gasteiger partial charge < -0.3 is 24.6 Å². The van der Waals surface area contributed by atoms with Gasteiger partial charge in [0.2, 0.25) is 0 Å². The summed E-state index contributed by atoms with van der Waals surface area (Å²) in [7, 11) is 3.06. The molecule has 1 aliphatic rings. The summed E-state index contributed by atoms with van der Waals surface area (Å²) < 4.78 is 10.6. The highest BCUT2D eigenvalue weighted by Gasteiger charge is 2.24. The molecule has 1 fully saturated rings. The van der Waals surface area contributed by atoms with E-state index in [1.54, 1.807) is 17.0 Å². The van der Waals surface area contributed by atoms with Crippen LogP contribution >= 0.6 is 11.6 Å². The van der Waals surface area contributed by atoms with E-state index in [-0.39, 0.29) is 11.9 Å². The summed E-state index contributed by atoms with van der Waals surface area (Å²) in [5.74, 6) is 2.97. The van der Waals surface area contributed by atoms with Gasteiger partial charge in [0.05, 0.1) is 24.9 Å². The van der Waals surface area contributed by atoms with Crippen molar-refractivity contribution in [2.45, 2.75) is 26.7 Å². The van der Waals surface area contributed by atoms with Crippen LogP contribution in [-0.2, 0) is 0 Å². The number of methoxy groups -OCH3 is 2. The molecule has 8 nitrogen and oxygen atoms in total. The van der Waals surface area contributed by atoms with Crippen LogP contribution in [0.3, 0.4) is 0 Å². The number of halogens is 1. The molecule has 0 radical (unpaired) electrons. The quantitative estimate of drug-likeness (QED) is 0.769. The van der Waals surface area contributed by atoms with E-state index in [9.17, 15) is 4.79 Å². The van der Waals surface area contributed by atoms with Crippen molar-refractivity contribution < 1.29 is 14.3 Å². The maximum absolute atomic E-state index is 12.8. The predicted octanol–water partition coefficient (Wildman–Crippen LogP) is 3.93. The molecule has 162 valence electrons. The van der Waals surface area contributed by atoms with E-state index >= 15 is 0 Å². The average Bonchev–Trinajstić information content (AvgIpc) is 2.74. The lowest BCUT2D eigenvalue weighted by Gasteiger charge is -2.35. The monoisotopic (exact) mass is 433 g/mol. The van der Waals surface area contributed by atoms with Crippen LogP contribution in [0, 0.1) is 6.92 Å². The van der Waals surface area contributed by atoms with E-state index in [1.807, 2.05) is 13.0 Å². The Bertz CT molecular complexity index is 914. The largest absolute Gasteiger partial charge is 0.495 e. The smallest absolute Gasteiger partial charge is 0.322 e. The lowest BCUT2D eigenvalue weighted by molar-refractivity contribution is 0.208. The van der Waals surface area contributed by atoms with E-state index in [0.717, 1.165) is 17.3 Å². The van der Waals surface area contributed by atoms with Gasteiger partial charge in [0.25, 0.3) is 0 Å². The van der Waals surface area contributed by atoms with Crippen LogP contribution in [0.5, 0.6) is 11.5 Å². The fourth-order valence-corrected chi connectivity index (χ4v) is 3.52. The molecule has 1 aliphatic heterocycles. The fourth-order valence-electron chi connectivity index (χ4n) is 3.29. The maximum atomic E-state index is 12.8. The summed E-state index contributed by atoms with van der Waals surface area (Å²) in [5, 5.41) is 3.32. The van der Waals surface area contributed by atoms with E-state index < -0.39 is 0 Å². The van der Waals surface area contributed by atoms with Crippen molar-refractivity contribution in [2.24, 2.45) is 0 Å². The van der Waals surface area contributed by atoms with Gasteiger partial charge in [-0.05, 0) is 6.92 Å². The molecule has 0 saturated carbocycles. The molecule has 0 unspecified atom stereocenters. The summed E-state index contributed by atoms with van der Waals surface area (Å²) in [6.45, 7) is 8.71. The molecular formula is C21H28ClN5O3. The number of hydrogen-bond acceptors (Lipinski definition) is 6. The van der Waals surface area contributed by atoms with Crippen molar-refractivity contribution >= 4 is 29.1 Å². The first-order chi connectivity index (χ1) is 14.3. The molecular weight excluding hydrogens is 406 g/mol. The van der Waals surface area contributed by atoms with Crippen LogP contribution in [0.1, 0.15) is 31.3 Å². The second-order valence-electron chi connectivity index (χ2n) is 7.47. The van der Waals surface area contributed by atoms with E-state index in [1.165, 1.54) is 14.2 Å². The number of benzene rings is 1. The van der Waals surface area contributed by atoms with E-state index in [2.05, 4.69) is 29.0 Å². The Hall–Kier alpha value is -2.74. The van der Waals surface area contributed by atoms with Crippen molar-refractivity contribution in [3.05, 3.63) is 34.7 Å². The molecule has 1 saturated heterocycles. The highest BCUT2D eigenvalue weighted by atomic mass is 35.5. The molecule has 30 heavy (non-hydrogen) atoms. The van der Waals surface area contributed by atoms with Crippen molar-refractivity contribution in [1.82, 2.24) is 14.9 Å². The minimum Gasteiger partial charge on any atom is -0.495 e. The maximum Gasteiger partial charge on any atom is 0.322 e. The standard InChI is InChI=1S/C21H28ClN5O3/c1-13(2)20-23-14(3)10-19(25-20)26-6-8-27(9-7-26)21(28)24-16-12-17(29-4)15(22)11-18(16)30-5/h10-13H,6-9H2,1-5H3,(H,24,28). The summed E-state index contributed by atoms with van der Waals surface area (Å²) >= 11 is 6.14. The molecule has 1 aromatic heterocycles. The molecule has 2 aromatic rings. The van der Waals surface area contributed by atoms with Gasteiger partial charge in [-0.3, -0.25) is 0 Å². The Morgan fingerprint density at radius 3 is 2.33 bits per heavy atom. The third-order valence-corrected chi connectivity index (χ3v) is 5.28. The SMILES string of the molecule is COc1cc(NC(=O)N2CCN(c3cc(C)nc(C(C)C)n3)CC2)c(OC)cc1Cl. The normalized spacial score (nSPS) is 14.1. The number of hydrogen-bond donors (Lipinski definition) is 1. The van der Waals surface area contributed by atoms with Crippen molar-refractivity contribution in [1.29, 1.82) is 0 Å². The first kappa shape index (κ1) is 22.0. The molecule has 2 amide bonds. The van der Waals surface area contributed by atoms with Crippen molar-refractivity contribution in [3.63, 3.8) is 0 Å². The number of nitrogens with one attached hydrogen (secondary N) is 1. The minimum atomic E-state index is -0.195. The zero-order chi connectivity index (χ0) is 21.8. The van der Waals surface area contributed by atoms with Gasteiger partial charge in [0.1, 0.15) is 23.1 Å². The van der Waals surface area contributed by atoms with Gasteiger partial charge in [-0.1, -0.05) is 25.4 Å². The number of anilines is 2. The number of carbonyl (C=O) groups excluding carboxylic acids is 1. The van der Waals surface area contributed by atoms with Crippen LogP contribution in [0.25, 0.3) is 0 Å². The van der Waals surface area contributed by atoms with Crippen LogP contribution in [0.15, 0.2) is 18.2 Å². The van der Waals surface area contributed by atoms with Crippen LogP contribution in [-0.4, -0.2) is 61.3 Å². The number of rotatable bonds is 5. The Morgan fingerprint density at radius 1 is 1.07 bits per heavy atom. The Morgan fingerprint density at radius 2 is 1.73 bits per heavy atom. The molecule has 0 aliphatic carbocycles. The number of amides is 2. The van der Waals surface area contributed by atoms with Crippen LogP contribution in [0.2, 0.25) is 5.02 Å². The summed E-state index contributed by atoms with van der Waals surface area (Å²) in [4.78, 5) is 26.0. The van der Waals surface area contributed by atoms with E-state index in [4.69, 9.17) is 26.1 Å². The molecule has 0 bridgehead atoms. The summed E-state index contributed by atoms with van der Waals surface area (Å²) in [5.41, 5.74) is 1.46. The Balaban J connectivity index is 1.66. The highest BCUT2D eigenvalue weighted by Crippen LogP contribution is 2.36. The highest BCUT2D eigenvalue weighted by molar-refractivity contribution is 6.32. The van der Waals surface area contributed by atoms with Crippen LogP contribution in [0.4, 0.5) is 16.3 Å². The zero-order valence-corrected chi connectivity index (χ0v) is 18.8. The third-order valence-electron chi connectivity index (χ3n) is 4.98. The summed E-state index contributed by atoms with van der Waals surface area (Å²) in [6, 6.07) is 5.08. The van der Waals surface area contributed by atoms with Gasteiger partial charge in [0.15, 0.2) is 0 Å². The number of carbonyl (C=O) groups is 1. The first-order valence-corrected chi connectivity index (χ1v) is 10.3. The van der Waals surface area contributed by atoms with Gasteiger partial charge >= 0.3 is 6.03 Å². The minimum absolute atomic E-state index is 0.195. The lowest BCUT2D eigenvalue weighted by atomic mass is 10.2. The second-order valence-corrected chi connectivity index (χ2v) is 7.88. The second kappa shape index (κ2) is 9.38. The topological polar surface area (TPSA) is 79.8 Å². The van der Waals surface area contributed by atoms with E-state index in [0.29, 0.717) is 48.4 Å². The van der Waals surface area contributed by atoms with Gasteiger partial charge in [-0.2, -0.15) is 0 Å². The average molecular weight is 434 g/mol. The number of ether oxygens (including phenoxy) is 2. The fraction of sp³-hybridized carbons (Fsp3) is 0.476. The predicted molar refractivity (Wildman–Crippen MR) is 118 cm³/mol. The Labute approximate surface area is 182 Å². The molecule has 2 heterocycles. The van der Waals surface area contributed by atoms with Gasteiger partial charge in [-0.15, -0.1) is 0 Å². The molecule has 1 N–H and O–H groups in total. The van der Waals surface area contributed by atoms with Crippen molar-refractivity contribution in [2.75, 3.05) is 50.6 Å². The molecule has 0 spiro atoms. The van der Waals surface area contributed by atoms with Gasteiger partial charge in [-0.25, -0.2) is 14.8 Å². The number of piperazine rings is 1. The molecule has 0 atom stereocenters. The number of aromatic nitrogens is 2. The molecule has 1 aromatic carbocycles. The van der Waals surface area contributed by atoms with Gasteiger partial charge in [0, 0.05) is 56.0 Å². The zero-order valence-electron chi connectivity index (χ0n) is 18.0. The first-order valence-electron chi connectivity index (χ1n) is 9.90. The molecule has 3 rings (SSSR count). The number of urea groups is 1. The molecule has 9 heteroatoms. The third kappa shape index (κ3) is 4.87. The lowest BCUT2D eigenvalue weighted by Crippen LogP contribution is -2.50.